The lowest BCUT2D eigenvalue weighted by Crippen LogP contribution is -2.34. The van der Waals surface area contributed by atoms with Crippen molar-refractivity contribution in [3.05, 3.63) is 17.9 Å². The number of ether oxygens (including phenoxy) is 2. The van der Waals surface area contributed by atoms with E-state index in [0.717, 1.165) is 0 Å². The lowest BCUT2D eigenvalue weighted by Gasteiger charge is -2.24. The summed E-state index contributed by atoms with van der Waals surface area (Å²) in [7, 11) is 1.58. The van der Waals surface area contributed by atoms with Crippen LogP contribution in [-0.2, 0) is 4.74 Å². The van der Waals surface area contributed by atoms with Gasteiger partial charge in [0, 0.05) is 38.8 Å². The quantitative estimate of drug-likeness (QED) is 0.643. The Balaban J connectivity index is 2.78. The monoisotopic (exact) mass is 300 g/mol. The summed E-state index contributed by atoms with van der Waals surface area (Å²) in [6.45, 7) is 6.06. The van der Waals surface area contributed by atoms with Crippen LogP contribution >= 0.6 is 0 Å². The molecule has 0 fully saturated rings. The summed E-state index contributed by atoms with van der Waals surface area (Å²) in [4.78, 5) is 0. The van der Waals surface area contributed by atoms with Crippen molar-refractivity contribution >= 4 is 11.4 Å². The van der Waals surface area contributed by atoms with Crippen LogP contribution in [0.3, 0.4) is 0 Å². The van der Waals surface area contributed by atoms with Gasteiger partial charge >= 0.3 is 0 Å². The number of benzene rings is 1. The van der Waals surface area contributed by atoms with Crippen LogP contribution in [0.1, 0.15) is 27.2 Å². The zero-order valence-electron chi connectivity index (χ0n) is 13.1. The Kier molecular flexibility index (Phi) is 6.23. The van der Waals surface area contributed by atoms with Gasteiger partial charge in [-0.25, -0.2) is 4.39 Å². The molecule has 1 aromatic carbocycles. The Morgan fingerprint density at radius 1 is 1.43 bits per heavy atom. The van der Waals surface area contributed by atoms with Gasteiger partial charge in [0.15, 0.2) is 11.6 Å². The maximum atomic E-state index is 13.7. The van der Waals surface area contributed by atoms with Crippen LogP contribution in [0.2, 0.25) is 0 Å². The maximum absolute atomic E-state index is 13.7. The number of hydrogen-bond acceptors (Lipinski definition) is 5. The van der Waals surface area contributed by atoms with Crippen LogP contribution in [-0.4, -0.2) is 37.1 Å². The van der Waals surface area contributed by atoms with Crippen molar-refractivity contribution < 1.29 is 19.0 Å². The molecule has 120 valence electrons. The van der Waals surface area contributed by atoms with E-state index in [9.17, 15) is 9.50 Å². The molecule has 0 aromatic heterocycles. The van der Waals surface area contributed by atoms with Crippen molar-refractivity contribution in [2.45, 2.75) is 38.9 Å². The van der Waals surface area contributed by atoms with Crippen molar-refractivity contribution in [3.63, 3.8) is 0 Å². The molecule has 0 aliphatic carbocycles. The third-order valence-corrected chi connectivity index (χ3v) is 2.97. The van der Waals surface area contributed by atoms with E-state index in [1.165, 1.54) is 12.1 Å². The Labute approximate surface area is 125 Å². The first-order valence-electron chi connectivity index (χ1n) is 6.96. The summed E-state index contributed by atoms with van der Waals surface area (Å²) >= 11 is 0. The van der Waals surface area contributed by atoms with Crippen LogP contribution in [0, 0.1) is 5.82 Å². The average Bonchev–Trinajstić information content (AvgIpc) is 2.38. The molecule has 6 heteroatoms. The molecule has 1 rings (SSSR count). The Hall–Kier alpha value is -1.53. The second kappa shape index (κ2) is 7.47. The summed E-state index contributed by atoms with van der Waals surface area (Å²) in [6.07, 6.45) is 0.341. The van der Waals surface area contributed by atoms with Crippen molar-refractivity contribution in [1.82, 2.24) is 0 Å². The highest BCUT2D eigenvalue weighted by molar-refractivity contribution is 5.68. The largest absolute Gasteiger partial charge is 0.488 e. The van der Waals surface area contributed by atoms with E-state index in [0.29, 0.717) is 18.7 Å². The van der Waals surface area contributed by atoms with Gasteiger partial charge in [-0.15, -0.1) is 0 Å². The average molecular weight is 300 g/mol. The SMILES string of the molecule is COCCC(C)(O)CNc1cc(OC(C)C)c(F)cc1N. The molecule has 1 atom stereocenters. The number of anilines is 2. The molecule has 0 aliphatic rings. The molecule has 0 aliphatic heterocycles. The fraction of sp³-hybridized carbons (Fsp3) is 0.600. The first kappa shape index (κ1) is 17.5. The van der Waals surface area contributed by atoms with Gasteiger partial charge in [0.25, 0.3) is 0 Å². The molecule has 5 nitrogen and oxygen atoms in total. The predicted octanol–water partition coefficient (Wildman–Crippen LogP) is 2.39. The standard InChI is InChI=1S/C15H25FN2O3/c1-10(2)21-14-8-13(12(17)7-11(14)16)18-9-15(3,19)5-6-20-4/h7-8,10,18-19H,5-6,9,17H2,1-4H3. The van der Waals surface area contributed by atoms with Gasteiger partial charge in [-0.1, -0.05) is 0 Å². The summed E-state index contributed by atoms with van der Waals surface area (Å²) in [6, 6.07) is 2.72. The van der Waals surface area contributed by atoms with Gasteiger partial charge in [0.1, 0.15) is 0 Å². The summed E-state index contributed by atoms with van der Waals surface area (Å²) in [5.41, 5.74) is 5.64. The highest BCUT2D eigenvalue weighted by atomic mass is 19.1. The molecule has 1 aromatic rings. The minimum atomic E-state index is -0.949. The maximum Gasteiger partial charge on any atom is 0.167 e. The number of nitrogens with one attached hydrogen (secondary N) is 1. The molecule has 0 radical (unpaired) electrons. The summed E-state index contributed by atoms with van der Waals surface area (Å²) in [5.74, 6) is -0.365. The van der Waals surface area contributed by atoms with E-state index < -0.39 is 11.4 Å². The Bertz CT molecular complexity index is 464. The lowest BCUT2D eigenvalue weighted by atomic mass is 10.0. The Morgan fingerprint density at radius 2 is 2.10 bits per heavy atom. The smallest absolute Gasteiger partial charge is 0.167 e. The molecule has 1 unspecified atom stereocenters. The molecule has 0 saturated carbocycles. The fourth-order valence-corrected chi connectivity index (χ4v) is 1.76. The molecule has 21 heavy (non-hydrogen) atoms. The number of nitrogens with two attached hydrogens (primary N) is 1. The van der Waals surface area contributed by atoms with Crippen LogP contribution < -0.4 is 15.8 Å². The van der Waals surface area contributed by atoms with Gasteiger partial charge in [-0.2, -0.15) is 0 Å². The zero-order valence-corrected chi connectivity index (χ0v) is 13.1. The van der Waals surface area contributed by atoms with E-state index >= 15 is 0 Å². The topological polar surface area (TPSA) is 76.7 Å². The highest BCUT2D eigenvalue weighted by Crippen LogP contribution is 2.29. The number of methoxy groups -OCH3 is 1. The number of hydrogen-bond donors (Lipinski definition) is 3. The second-order valence-corrected chi connectivity index (χ2v) is 5.63. The zero-order chi connectivity index (χ0) is 16.0. The fourth-order valence-electron chi connectivity index (χ4n) is 1.76. The number of nitrogen functional groups attached to an aromatic ring is 1. The highest BCUT2D eigenvalue weighted by Gasteiger charge is 2.20. The van der Waals surface area contributed by atoms with Gasteiger partial charge in [0.2, 0.25) is 0 Å². The third-order valence-electron chi connectivity index (χ3n) is 2.97. The van der Waals surface area contributed by atoms with Gasteiger partial charge < -0.3 is 25.6 Å². The van der Waals surface area contributed by atoms with E-state index in [-0.39, 0.29) is 24.1 Å². The summed E-state index contributed by atoms with van der Waals surface area (Å²) < 4.78 is 24.1. The second-order valence-electron chi connectivity index (χ2n) is 5.63. The first-order valence-corrected chi connectivity index (χ1v) is 6.96. The number of rotatable bonds is 8. The molecule has 0 spiro atoms. The van der Waals surface area contributed by atoms with Crippen LogP contribution in [0.5, 0.6) is 5.75 Å². The summed E-state index contributed by atoms with van der Waals surface area (Å²) in [5, 5.41) is 13.2. The van der Waals surface area contributed by atoms with Crippen LogP contribution in [0.15, 0.2) is 12.1 Å². The minimum Gasteiger partial charge on any atom is -0.488 e. The predicted molar refractivity (Wildman–Crippen MR) is 82.2 cm³/mol. The Morgan fingerprint density at radius 3 is 2.67 bits per heavy atom. The van der Waals surface area contributed by atoms with E-state index in [4.69, 9.17) is 15.2 Å². The molecular weight excluding hydrogens is 275 g/mol. The molecule has 0 bridgehead atoms. The van der Waals surface area contributed by atoms with Crippen molar-refractivity contribution in [2.24, 2.45) is 0 Å². The molecular formula is C15H25FN2O3. The lowest BCUT2D eigenvalue weighted by molar-refractivity contribution is 0.0357. The molecule has 4 N–H and O–H groups in total. The normalized spacial score (nSPS) is 14.0. The van der Waals surface area contributed by atoms with E-state index in [2.05, 4.69) is 5.32 Å². The van der Waals surface area contributed by atoms with Gasteiger partial charge in [-0.3, -0.25) is 0 Å². The van der Waals surface area contributed by atoms with Crippen LogP contribution in [0.4, 0.5) is 15.8 Å². The van der Waals surface area contributed by atoms with Crippen LogP contribution in [0.25, 0.3) is 0 Å². The van der Waals surface area contributed by atoms with Crippen molar-refractivity contribution in [2.75, 3.05) is 31.3 Å². The number of halogens is 1. The molecule has 0 amide bonds. The van der Waals surface area contributed by atoms with E-state index in [1.807, 2.05) is 13.8 Å². The number of aliphatic hydroxyl groups is 1. The molecule has 0 heterocycles. The third kappa shape index (κ3) is 5.77. The van der Waals surface area contributed by atoms with Gasteiger partial charge in [0.05, 0.1) is 23.1 Å². The van der Waals surface area contributed by atoms with E-state index in [1.54, 1.807) is 14.0 Å². The minimum absolute atomic E-state index is 0.137. The first-order chi connectivity index (χ1) is 9.75. The van der Waals surface area contributed by atoms with Crippen molar-refractivity contribution in [1.29, 1.82) is 0 Å². The molecule has 0 saturated heterocycles. The van der Waals surface area contributed by atoms with Crippen molar-refractivity contribution in [3.8, 4) is 5.75 Å². The van der Waals surface area contributed by atoms with Gasteiger partial charge in [-0.05, 0) is 20.8 Å².